The predicted octanol–water partition coefficient (Wildman–Crippen LogP) is 4.65. The second-order valence-electron chi connectivity index (χ2n) is 6.40. The van der Waals surface area contributed by atoms with Crippen LogP contribution in [-0.4, -0.2) is 22.0 Å². The van der Waals surface area contributed by atoms with Gasteiger partial charge >= 0.3 is 6.03 Å². The Kier molecular flexibility index (Phi) is 6.14. The summed E-state index contributed by atoms with van der Waals surface area (Å²) in [7, 11) is 0. The second kappa shape index (κ2) is 8.10. The van der Waals surface area contributed by atoms with Crippen LogP contribution in [0, 0.1) is 12.8 Å². The zero-order valence-corrected chi connectivity index (χ0v) is 15.5. The van der Waals surface area contributed by atoms with Crippen molar-refractivity contribution >= 4 is 28.4 Å². The van der Waals surface area contributed by atoms with Gasteiger partial charge in [-0.15, -0.1) is 0 Å². The maximum Gasteiger partial charge on any atom is 0.325 e. The van der Waals surface area contributed by atoms with E-state index in [1.54, 1.807) is 0 Å². The molecule has 24 heavy (non-hydrogen) atoms. The average molecular weight is 348 g/mol. The van der Waals surface area contributed by atoms with Gasteiger partial charge in [-0.2, -0.15) is 4.37 Å². The molecular weight excluding hydrogens is 324 g/mol. The van der Waals surface area contributed by atoms with E-state index in [9.17, 15) is 4.79 Å². The van der Waals surface area contributed by atoms with E-state index in [4.69, 9.17) is 4.74 Å². The summed E-state index contributed by atoms with van der Waals surface area (Å²) in [4.78, 5) is 16.5. The Bertz CT molecular complexity index is 698. The minimum Gasteiger partial charge on any atom is -0.491 e. The first kappa shape index (κ1) is 18.2. The highest BCUT2D eigenvalue weighted by molar-refractivity contribution is 7.09. The van der Waals surface area contributed by atoms with Crippen molar-refractivity contribution < 1.29 is 9.53 Å². The van der Waals surface area contributed by atoms with Crippen molar-refractivity contribution in [3.63, 3.8) is 0 Å². The molecule has 0 fully saturated rings. The van der Waals surface area contributed by atoms with Gasteiger partial charge in [0.05, 0.1) is 12.3 Å². The van der Waals surface area contributed by atoms with Crippen LogP contribution in [0.1, 0.15) is 45.0 Å². The molecule has 0 unspecified atom stereocenters. The highest BCUT2D eigenvalue weighted by Gasteiger charge is 2.13. The molecule has 0 aliphatic carbocycles. The monoisotopic (exact) mass is 348 g/mol. The summed E-state index contributed by atoms with van der Waals surface area (Å²) in [6.45, 7) is 10.8. The van der Waals surface area contributed by atoms with Crippen LogP contribution in [-0.2, 0) is 0 Å². The molecule has 0 saturated carbocycles. The summed E-state index contributed by atoms with van der Waals surface area (Å²) in [5, 5.41) is 6.00. The van der Waals surface area contributed by atoms with E-state index in [0.717, 1.165) is 11.4 Å². The number of carbonyl (C=O) groups excluding carboxylic acids is 1. The van der Waals surface area contributed by atoms with Crippen LogP contribution in [0.25, 0.3) is 0 Å². The average Bonchev–Trinajstić information content (AvgIpc) is 2.96. The number of ether oxygens (including phenoxy) is 1. The van der Waals surface area contributed by atoms with Crippen molar-refractivity contribution in [2.45, 2.75) is 40.5 Å². The van der Waals surface area contributed by atoms with E-state index >= 15 is 0 Å². The maximum atomic E-state index is 12.2. The third kappa shape index (κ3) is 5.19. The number of nitrogens with zero attached hydrogens (tertiary/aromatic N) is 2. The van der Waals surface area contributed by atoms with Gasteiger partial charge in [-0.1, -0.05) is 33.8 Å². The van der Waals surface area contributed by atoms with Gasteiger partial charge in [-0.05, 0) is 30.5 Å². The summed E-state index contributed by atoms with van der Waals surface area (Å²) in [5.74, 6) is 2.03. The van der Waals surface area contributed by atoms with Gasteiger partial charge in [0.25, 0.3) is 0 Å². The van der Waals surface area contributed by atoms with Crippen molar-refractivity contribution in [1.82, 2.24) is 9.36 Å². The zero-order chi connectivity index (χ0) is 17.7. The summed E-state index contributed by atoms with van der Waals surface area (Å²) < 4.78 is 10.0. The molecule has 0 bridgehead atoms. The third-order valence-electron chi connectivity index (χ3n) is 3.14. The van der Waals surface area contributed by atoms with Crippen molar-refractivity contribution in [2.24, 2.45) is 5.92 Å². The van der Waals surface area contributed by atoms with Crippen molar-refractivity contribution in [1.29, 1.82) is 0 Å². The van der Waals surface area contributed by atoms with E-state index in [-0.39, 0.29) is 11.9 Å². The minimum absolute atomic E-state index is 0.230. The van der Waals surface area contributed by atoms with Crippen LogP contribution in [0.4, 0.5) is 15.6 Å². The molecule has 2 amide bonds. The van der Waals surface area contributed by atoms with Crippen LogP contribution in [0.15, 0.2) is 18.2 Å². The standard InChI is InChI=1S/C17H24N4O2S/c1-10(2)9-23-14-8-12(5)6-7-13(14)18-16(22)20-17-19-15(11(3)4)21-24-17/h6-8,10-11H,9H2,1-5H3,(H2,18,19,20,21,22). The fraction of sp³-hybridized carbons (Fsp3) is 0.471. The lowest BCUT2D eigenvalue weighted by molar-refractivity contribution is 0.260. The number of amides is 2. The molecular formula is C17H24N4O2S. The molecule has 7 heteroatoms. The molecule has 0 atom stereocenters. The molecule has 2 N–H and O–H groups in total. The quantitative estimate of drug-likeness (QED) is 0.797. The third-order valence-corrected chi connectivity index (χ3v) is 3.78. The van der Waals surface area contributed by atoms with Crippen LogP contribution >= 0.6 is 11.5 Å². The molecule has 6 nitrogen and oxygen atoms in total. The number of nitrogens with one attached hydrogen (secondary N) is 2. The van der Waals surface area contributed by atoms with E-state index in [0.29, 0.717) is 29.1 Å². The van der Waals surface area contributed by atoms with E-state index in [1.807, 2.05) is 39.0 Å². The molecule has 1 heterocycles. The SMILES string of the molecule is Cc1ccc(NC(=O)Nc2nc(C(C)C)ns2)c(OCC(C)C)c1. The highest BCUT2D eigenvalue weighted by Crippen LogP contribution is 2.26. The van der Waals surface area contributed by atoms with E-state index < -0.39 is 0 Å². The first-order chi connectivity index (χ1) is 11.3. The molecule has 0 aliphatic rings. The molecule has 2 rings (SSSR count). The molecule has 0 radical (unpaired) electrons. The first-order valence-electron chi connectivity index (χ1n) is 8.00. The lowest BCUT2D eigenvalue weighted by atomic mass is 10.2. The van der Waals surface area contributed by atoms with Crippen molar-refractivity contribution in [3.8, 4) is 5.75 Å². The maximum absolute atomic E-state index is 12.2. The zero-order valence-electron chi connectivity index (χ0n) is 14.7. The number of aromatic nitrogens is 2. The van der Waals surface area contributed by atoms with Crippen LogP contribution < -0.4 is 15.4 Å². The van der Waals surface area contributed by atoms with Crippen molar-refractivity contribution in [3.05, 3.63) is 29.6 Å². The van der Waals surface area contributed by atoms with Gasteiger partial charge in [-0.25, -0.2) is 9.78 Å². The van der Waals surface area contributed by atoms with Gasteiger partial charge in [0.15, 0.2) is 0 Å². The first-order valence-corrected chi connectivity index (χ1v) is 8.77. The molecule has 0 spiro atoms. The molecule has 0 saturated heterocycles. The Balaban J connectivity index is 2.04. The summed E-state index contributed by atoms with van der Waals surface area (Å²) in [6.07, 6.45) is 0. The Morgan fingerprint density at radius 1 is 1.25 bits per heavy atom. The largest absolute Gasteiger partial charge is 0.491 e. The number of benzene rings is 1. The number of rotatable bonds is 6. The second-order valence-corrected chi connectivity index (χ2v) is 7.15. The summed E-state index contributed by atoms with van der Waals surface area (Å²) in [6, 6.07) is 5.32. The summed E-state index contributed by atoms with van der Waals surface area (Å²) >= 11 is 1.17. The molecule has 2 aromatic rings. The lowest BCUT2D eigenvalue weighted by Gasteiger charge is -2.14. The highest BCUT2D eigenvalue weighted by atomic mass is 32.1. The van der Waals surface area contributed by atoms with Crippen LogP contribution in [0.3, 0.4) is 0 Å². The number of urea groups is 1. The normalized spacial score (nSPS) is 11.0. The molecule has 0 aliphatic heterocycles. The smallest absolute Gasteiger partial charge is 0.325 e. The fourth-order valence-corrected chi connectivity index (χ4v) is 2.58. The lowest BCUT2D eigenvalue weighted by Crippen LogP contribution is -2.20. The molecule has 1 aromatic carbocycles. The Labute approximate surface area is 146 Å². The van der Waals surface area contributed by atoms with Crippen molar-refractivity contribution in [2.75, 3.05) is 17.2 Å². The minimum atomic E-state index is -0.361. The van der Waals surface area contributed by atoms with E-state index in [2.05, 4.69) is 33.8 Å². The number of hydrogen-bond acceptors (Lipinski definition) is 5. The number of hydrogen-bond donors (Lipinski definition) is 2. The van der Waals surface area contributed by atoms with Gasteiger partial charge in [0.1, 0.15) is 11.6 Å². The van der Waals surface area contributed by atoms with Gasteiger partial charge in [0, 0.05) is 17.5 Å². The number of anilines is 2. The molecule has 130 valence electrons. The van der Waals surface area contributed by atoms with Crippen LogP contribution in [0.5, 0.6) is 5.75 Å². The van der Waals surface area contributed by atoms with E-state index in [1.165, 1.54) is 11.5 Å². The topological polar surface area (TPSA) is 76.1 Å². The fourth-order valence-electron chi connectivity index (χ4n) is 1.88. The molecule has 1 aromatic heterocycles. The van der Waals surface area contributed by atoms with Gasteiger partial charge in [0.2, 0.25) is 5.13 Å². The Morgan fingerprint density at radius 3 is 2.62 bits per heavy atom. The van der Waals surface area contributed by atoms with Gasteiger partial charge < -0.3 is 10.1 Å². The van der Waals surface area contributed by atoms with Gasteiger partial charge in [-0.3, -0.25) is 5.32 Å². The Hall–Kier alpha value is -2.15. The number of aryl methyl sites for hydroxylation is 1. The predicted molar refractivity (Wildman–Crippen MR) is 98.2 cm³/mol. The summed E-state index contributed by atoms with van der Waals surface area (Å²) in [5.41, 5.74) is 1.71. The van der Waals surface area contributed by atoms with Crippen LogP contribution in [0.2, 0.25) is 0 Å². The Morgan fingerprint density at radius 2 is 2.00 bits per heavy atom. The number of carbonyl (C=O) groups is 1.